The molecule has 0 aromatic heterocycles. The Morgan fingerprint density at radius 1 is 1.07 bits per heavy atom. The van der Waals surface area contributed by atoms with E-state index in [9.17, 15) is 9.59 Å². The first kappa shape index (κ1) is 20.3. The Morgan fingerprint density at radius 3 is 2.41 bits per heavy atom. The zero-order valence-corrected chi connectivity index (χ0v) is 16.1. The van der Waals surface area contributed by atoms with Crippen LogP contribution in [0.5, 0.6) is 5.75 Å². The molecular formula is C21H26N2O4. The molecule has 27 heavy (non-hydrogen) atoms. The molecule has 0 aliphatic carbocycles. The van der Waals surface area contributed by atoms with Crippen LogP contribution in [0.2, 0.25) is 0 Å². The molecule has 1 atom stereocenters. The molecule has 2 N–H and O–H groups in total. The number of hydrogen-bond donors (Lipinski definition) is 2. The zero-order chi connectivity index (χ0) is 19.8. The van der Waals surface area contributed by atoms with Gasteiger partial charge < -0.3 is 20.1 Å². The van der Waals surface area contributed by atoms with Crippen LogP contribution in [0.15, 0.2) is 48.5 Å². The van der Waals surface area contributed by atoms with Crippen LogP contribution in [-0.4, -0.2) is 25.2 Å². The van der Waals surface area contributed by atoms with Gasteiger partial charge in [-0.2, -0.15) is 0 Å². The fourth-order valence-corrected chi connectivity index (χ4v) is 2.56. The minimum absolute atomic E-state index is 0.120. The van der Waals surface area contributed by atoms with E-state index in [4.69, 9.17) is 9.47 Å². The molecule has 0 aliphatic rings. The van der Waals surface area contributed by atoms with E-state index in [2.05, 4.69) is 10.6 Å². The van der Waals surface area contributed by atoms with Gasteiger partial charge in [0.25, 0.3) is 0 Å². The lowest BCUT2D eigenvalue weighted by molar-refractivity contribution is -0.119. The second kappa shape index (κ2) is 9.62. The summed E-state index contributed by atoms with van der Waals surface area (Å²) in [6, 6.07) is 14.1. The van der Waals surface area contributed by atoms with Gasteiger partial charge in [-0.1, -0.05) is 50.2 Å². The van der Waals surface area contributed by atoms with Crippen molar-refractivity contribution in [2.75, 3.05) is 12.4 Å². The summed E-state index contributed by atoms with van der Waals surface area (Å²) in [5.41, 5.74) is 2.43. The van der Waals surface area contributed by atoms with Crippen molar-refractivity contribution in [1.29, 1.82) is 0 Å². The highest BCUT2D eigenvalue weighted by Crippen LogP contribution is 2.25. The van der Waals surface area contributed by atoms with Crippen molar-refractivity contribution < 1.29 is 19.1 Å². The van der Waals surface area contributed by atoms with Crippen molar-refractivity contribution >= 4 is 17.7 Å². The third-order valence-electron chi connectivity index (χ3n) is 4.05. The number of rotatable bonds is 7. The summed E-state index contributed by atoms with van der Waals surface area (Å²) in [6.07, 6.45) is -0.635. The smallest absolute Gasteiger partial charge is 0.408 e. The molecule has 2 aromatic rings. The quantitative estimate of drug-likeness (QED) is 0.775. The maximum Gasteiger partial charge on any atom is 0.408 e. The number of aryl methyl sites for hydroxylation is 1. The number of carbonyl (C=O) groups excluding carboxylic acids is 2. The van der Waals surface area contributed by atoms with Crippen LogP contribution < -0.4 is 15.4 Å². The second-order valence-electron chi connectivity index (χ2n) is 6.62. The highest BCUT2D eigenvalue weighted by Gasteiger charge is 2.25. The van der Waals surface area contributed by atoms with Crippen LogP contribution in [-0.2, 0) is 16.1 Å². The maximum atomic E-state index is 12.7. The summed E-state index contributed by atoms with van der Waals surface area (Å²) in [5.74, 6) is 0.110. The van der Waals surface area contributed by atoms with E-state index in [1.54, 1.807) is 13.2 Å². The summed E-state index contributed by atoms with van der Waals surface area (Å²) in [6.45, 7) is 5.78. The van der Waals surface area contributed by atoms with E-state index in [-0.39, 0.29) is 18.4 Å². The predicted molar refractivity (Wildman–Crippen MR) is 105 cm³/mol. The van der Waals surface area contributed by atoms with E-state index in [0.717, 1.165) is 11.1 Å². The Kier molecular flexibility index (Phi) is 7.23. The number of methoxy groups -OCH3 is 1. The molecule has 2 amide bonds. The lowest BCUT2D eigenvalue weighted by Crippen LogP contribution is -2.47. The topological polar surface area (TPSA) is 76.7 Å². The van der Waals surface area contributed by atoms with Crippen molar-refractivity contribution in [2.45, 2.75) is 33.4 Å². The number of amides is 2. The third-order valence-corrected chi connectivity index (χ3v) is 4.05. The van der Waals surface area contributed by atoms with Crippen LogP contribution in [0.4, 0.5) is 10.5 Å². The van der Waals surface area contributed by atoms with Crippen molar-refractivity contribution in [3.8, 4) is 5.75 Å². The summed E-state index contributed by atoms with van der Waals surface area (Å²) in [4.78, 5) is 24.8. The van der Waals surface area contributed by atoms with Gasteiger partial charge in [0.2, 0.25) is 5.91 Å². The van der Waals surface area contributed by atoms with Crippen LogP contribution >= 0.6 is 0 Å². The molecule has 0 radical (unpaired) electrons. The molecule has 0 aliphatic heterocycles. The Balaban J connectivity index is 2.00. The van der Waals surface area contributed by atoms with Gasteiger partial charge in [-0.3, -0.25) is 4.79 Å². The van der Waals surface area contributed by atoms with E-state index in [1.807, 2.05) is 63.2 Å². The largest absolute Gasteiger partial charge is 0.495 e. The van der Waals surface area contributed by atoms with Gasteiger partial charge in [0.15, 0.2) is 0 Å². The number of hydrogen-bond acceptors (Lipinski definition) is 4. The van der Waals surface area contributed by atoms with Gasteiger partial charge in [0, 0.05) is 0 Å². The zero-order valence-electron chi connectivity index (χ0n) is 16.1. The first-order valence-corrected chi connectivity index (χ1v) is 8.83. The molecule has 6 nitrogen and oxygen atoms in total. The average Bonchev–Trinajstić information content (AvgIpc) is 2.65. The van der Waals surface area contributed by atoms with Gasteiger partial charge in [0.05, 0.1) is 12.8 Å². The number of nitrogens with one attached hydrogen (secondary N) is 2. The number of alkyl carbamates (subject to hydrolysis) is 1. The maximum absolute atomic E-state index is 12.7. The van der Waals surface area contributed by atoms with Gasteiger partial charge >= 0.3 is 6.09 Å². The number of carbonyl (C=O) groups is 2. The molecule has 144 valence electrons. The van der Waals surface area contributed by atoms with Crippen molar-refractivity contribution in [3.05, 3.63) is 59.7 Å². The van der Waals surface area contributed by atoms with Crippen LogP contribution in [0.3, 0.4) is 0 Å². The molecule has 0 spiro atoms. The van der Waals surface area contributed by atoms with E-state index < -0.39 is 12.1 Å². The normalized spacial score (nSPS) is 11.6. The van der Waals surface area contributed by atoms with Crippen molar-refractivity contribution in [1.82, 2.24) is 5.32 Å². The number of ether oxygens (including phenoxy) is 2. The Morgan fingerprint density at radius 2 is 1.78 bits per heavy atom. The van der Waals surface area contributed by atoms with Gasteiger partial charge in [0.1, 0.15) is 18.4 Å². The molecular weight excluding hydrogens is 344 g/mol. The van der Waals surface area contributed by atoms with Gasteiger partial charge in [-0.25, -0.2) is 4.79 Å². The Hall–Kier alpha value is -3.02. The summed E-state index contributed by atoms with van der Waals surface area (Å²) in [7, 11) is 1.54. The molecule has 0 fully saturated rings. The first-order valence-electron chi connectivity index (χ1n) is 8.83. The lowest BCUT2D eigenvalue weighted by atomic mass is 10.0. The average molecular weight is 370 g/mol. The van der Waals surface area contributed by atoms with E-state index >= 15 is 0 Å². The first-order chi connectivity index (χ1) is 12.9. The van der Waals surface area contributed by atoms with Crippen molar-refractivity contribution in [3.63, 3.8) is 0 Å². The standard InChI is InChI=1S/C21H26N2O4/c1-14(2)19(23-21(25)27-13-16-8-6-5-7-9-16)20(24)22-17-12-15(3)10-11-18(17)26-4/h5-12,14,19H,13H2,1-4H3,(H,22,24)(H,23,25)/t19-/m0/s1. The Labute approximate surface area is 159 Å². The molecule has 6 heteroatoms. The fraction of sp³-hybridized carbons (Fsp3) is 0.333. The third kappa shape index (κ3) is 6.02. The number of anilines is 1. The molecule has 0 saturated heterocycles. The summed E-state index contributed by atoms with van der Waals surface area (Å²) >= 11 is 0. The van der Waals surface area contributed by atoms with Crippen molar-refractivity contribution in [2.24, 2.45) is 5.92 Å². The summed E-state index contributed by atoms with van der Waals surface area (Å²) < 4.78 is 10.5. The molecule has 0 saturated carbocycles. The monoisotopic (exact) mass is 370 g/mol. The minimum atomic E-state index is -0.738. The summed E-state index contributed by atoms with van der Waals surface area (Å²) in [5, 5.41) is 5.47. The fourth-order valence-electron chi connectivity index (χ4n) is 2.56. The second-order valence-corrected chi connectivity index (χ2v) is 6.62. The molecule has 2 aromatic carbocycles. The highest BCUT2D eigenvalue weighted by molar-refractivity contribution is 5.97. The molecule has 0 unspecified atom stereocenters. The predicted octanol–water partition coefficient (Wildman–Crippen LogP) is 3.89. The molecule has 0 heterocycles. The van der Waals surface area contributed by atoms with Crippen LogP contribution in [0.25, 0.3) is 0 Å². The van der Waals surface area contributed by atoms with Crippen LogP contribution in [0.1, 0.15) is 25.0 Å². The van der Waals surface area contributed by atoms with E-state index in [1.165, 1.54) is 0 Å². The van der Waals surface area contributed by atoms with Crippen LogP contribution in [0, 0.1) is 12.8 Å². The minimum Gasteiger partial charge on any atom is -0.495 e. The highest BCUT2D eigenvalue weighted by atomic mass is 16.5. The van der Waals surface area contributed by atoms with E-state index in [0.29, 0.717) is 11.4 Å². The SMILES string of the molecule is COc1ccc(C)cc1NC(=O)[C@@H](NC(=O)OCc1ccccc1)C(C)C. The number of benzene rings is 2. The lowest BCUT2D eigenvalue weighted by Gasteiger charge is -2.22. The van der Waals surface area contributed by atoms with Gasteiger partial charge in [-0.05, 0) is 36.1 Å². The van der Waals surface area contributed by atoms with Gasteiger partial charge in [-0.15, -0.1) is 0 Å². The molecule has 2 rings (SSSR count). The molecule has 0 bridgehead atoms. The Bertz CT molecular complexity index is 775.